The second kappa shape index (κ2) is 7.77. The van der Waals surface area contributed by atoms with E-state index in [0.717, 1.165) is 0 Å². The van der Waals surface area contributed by atoms with Gasteiger partial charge in [0.05, 0.1) is 0 Å². The lowest BCUT2D eigenvalue weighted by Gasteiger charge is -2.09. The van der Waals surface area contributed by atoms with Crippen LogP contribution in [0.15, 0.2) is 127 Å². The topological polar surface area (TPSA) is 0 Å². The third kappa shape index (κ3) is 3.58. The molecule has 1 aliphatic carbocycles. The van der Waals surface area contributed by atoms with Crippen LogP contribution in [0.3, 0.4) is 0 Å². The van der Waals surface area contributed by atoms with Gasteiger partial charge in [-0.1, -0.05) is 127 Å². The molecule has 0 heterocycles. The Kier molecular flexibility index (Phi) is 4.68. The first kappa shape index (κ1) is 17.5. The zero-order valence-electron chi connectivity index (χ0n) is 16.2. The van der Waals surface area contributed by atoms with E-state index in [2.05, 4.69) is 127 Å². The first-order valence-corrected chi connectivity index (χ1v) is 10.1. The molecule has 0 radical (unpaired) electrons. The molecule has 1 aliphatic rings. The smallest absolute Gasteiger partial charge is 0.0217 e. The Balaban J connectivity index is 1.59. The molecule has 4 aromatic carbocycles. The van der Waals surface area contributed by atoms with Gasteiger partial charge in [0.15, 0.2) is 0 Å². The van der Waals surface area contributed by atoms with Gasteiger partial charge in [0.2, 0.25) is 0 Å². The van der Waals surface area contributed by atoms with Crippen molar-refractivity contribution >= 4 is 11.1 Å². The fraction of sp³-hybridized carbons (Fsp3) is 0.0345. The molecule has 0 unspecified atom stereocenters. The van der Waals surface area contributed by atoms with Crippen molar-refractivity contribution in [2.75, 3.05) is 0 Å². The van der Waals surface area contributed by atoms with Crippen LogP contribution in [-0.2, 0) is 0 Å². The van der Waals surface area contributed by atoms with Crippen molar-refractivity contribution < 1.29 is 0 Å². The zero-order chi connectivity index (χ0) is 19.5. The summed E-state index contributed by atoms with van der Waals surface area (Å²) in [7, 11) is 0. The molecule has 0 N–H and O–H groups in total. The van der Waals surface area contributed by atoms with E-state index in [-0.39, 0.29) is 5.92 Å². The summed E-state index contributed by atoms with van der Waals surface area (Å²) >= 11 is 0. The number of allylic oxidation sites excluding steroid dienone is 4. The van der Waals surface area contributed by atoms with E-state index in [4.69, 9.17) is 0 Å². The van der Waals surface area contributed by atoms with Gasteiger partial charge in [-0.3, -0.25) is 0 Å². The molecular weight excluding hydrogens is 348 g/mol. The van der Waals surface area contributed by atoms with E-state index in [1.54, 1.807) is 0 Å². The number of hydrogen-bond donors (Lipinski definition) is 0. The fourth-order valence-corrected chi connectivity index (χ4v) is 4.07. The van der Waals surface area contributed by atoms with Crippen molar-refractivity contribution in [3.05, 3.63) is 144 Å². The van der Waals surface area contributed by atoms with Crippen molar-refractivity contribution in [2.45, 2.75) is 5.92 Å². The molecule has 0 saturated heterocycles. The maximum atomic E-state index is 2.40. The van der Waals surface area contributed by atoms with Crippen molar-refractivity contribution in [3.8, 4) is 11.1 Å². The molecule has 0 aliphatic heterocycles. The number of rotatable bonds is 4. The highest BCUT2D eigenvalue weighted by Crippen LogP contribution is 2.42. The van der Waals surface area contributed by atoms with E-state index in [1.165, 1.54) is 39.0 Å². The van der Waals surface area contributed by atoms with Gasteiger partial charge in [0, 0.05) is 5.92 Å². The minimum atomic E-state index is 0.268. The molecule has 138 valence electrons. The third-order valence-corrected chi connectivity index (χ3v) is 5.53. The minimum absolute atomic E-state index is 0.268. The van der Waals surface area contributed by atoms with Crippen LogP contribution in [0.4, 0.5) is 0 Å². The first-order chi connectivity index (χ1) is 14.4. The highest BCUT2D eigenvalue weighted by atomic mass is 14.2. The van der Waals surface area contributed by atoms with Crippen LogP contribution in [0.2, 0.25) is 0 Å². The van der Waals surface area contributed by atoms with E-state index in [0.29, 0.717) is 0 Å². The van der Waals surface area contributed by atoms with Crippen molar-refractivity contribution in [3.63, 3.8) is 0 Å². The van der Waals surface area contributed by atoms with Crippen molar-refractivity contribution in [1.29, 1.82) is 0 Å². The normalized spacial score (nSPS) is 13.8. The standard InChI is InChI=1S/C29H22/c1-4-11-22(12-5-1)25-17-10-18-26(19-25)27-20-28(23-13-6-2-7-14-23)29(21-27)24-15-8-3-9-16-24/h1-21,27H. The van der Waals surface area contributed by atoms with Crippen LogP contribution < -0.4 is 0 Å². The molecule has 0 bridgehead atoms. The van der Waals surface area contributed by atoms with Gasteiger partial charge < -0.3 is 0 Å². The summed E-state index contributed by atoms with van der Waals surface area (Å²) in [5.41, 5.74) is 9.00. The minimum Gasteiger partial charge on any atom is -0.0647 e. The Labute approximate surface area is 172 Å². The molecule has 0 atom stereocenters. The van der Waals surface area contributed by atoms with E-state index < -0.39 is 0 Å². The van der Waals surface area contributed by atoms with Gasteiger partial charge in [-0.15, -0.1) is 0 Å². The van der Waals surface area contributed by atoms with E-state index in [9.17, 15) is 0 Å². The molecule has 5 rings (SSSR count). The highest BCUT2D eigenvalue weighted by molar-refractivity contribution is 6.07. The maximum absolute atomic E-state index is 2.40. The molecule has 0 heteroatoms. The van der Waals surface area contributed by atoms with Crippen LogP contribution in [-0.4, -0.2) is 0 Å². The molecule has 0 spiro atoms. The van der Waals surface area contributed by atoms with Gasteiger partial charge in [-0.25, -0.2) is 0 Å². The Morgan fingerprint density at radius 2 is 0.828 bits per heavy atom. The summed E-state index contributed by atoms with van der Waals surface area (Å²) < 4.78 is 0. The molecule has 0 saturated carbocycles. The summed E-state index contributed by atoms with van der Waals surface area (Å²) in [4.78, 5) is 0. The van der Waals surface area contributed by atoms with E-state index >= 15 is 0 Å². The molecule has 0 aromatic heterocycles. The Morgan fingerprint density at radius 1 is 0.379 bits per heavy atom. The fourth-order valence-electron chi connectivity index (χ4n) is 4.07. The Morgan fingerprint density at radius 3 is 1.34 bits per heavy atom. The molecule has 0 fully saturated rings. The molecule has 29 heavy (non-hydrogen) atoms. The number of benzene rings is 4. The van der Waals surface area contributed by atoms with Crippen LogP contribution in [0.25, 0.3) is 22.3 Å². The van der Waals surface area contributed by atoms with Gasteiger partial charge >= 0.3 is 0 Å². The monoisotopic (exact) mass is 370 g/mol. The average Bonchev–Trinajstić information content (AvgIpc) is 3.27. The predicted molar refractivity (Wildman–Crippen MR) is 123 cm³/mol. The summed E-state index contributed by atoms with van der Waals surface area (Å²) in [6, 6.07) is 40.9. The lowest BCUT2D eigenvalue weighted by Crippen LogP contribution is -1.90. The quantitative estimate of drug-likeness (QED) is 0.346. The van der Waals surface area contributed by atoms with Gasteiger partial charge in [0.25, 0.3) is 0 Å². The lowest BCUT2D eigenvalue weighted by atomic mass is 9.95. The predicted octanol–water partition coefficient (Wildman–Crippen LogP) is 7.62. The van der Waals surface area contributed by atoms with Crippen molar-refractivity contribution in [2.24, 2.45) is 0 Å². The van der Waals surface area contributed by atoms with Crippen LogP contribution >= 0.6 is 0 Å². The Hall–Kier alpha value is -3.64. The van der Waals surface area contributed by atoms with Gasteiger partial charge in [0.1, 0.15) is 0 Å². The lowest BCUT2D eigenvalue weighted by molar-refractivity contribution is 1.11. The van der Waals surface area contributed by atoms with Crippen LogP contribution in [0.5, 0.6) is 0 Å². The largest absolute Gasteiger partial charge is 0.0647 e. The number of hydrogen-bond acceptors (Lipinski definition) is 0. The van der Waals surface area contributed by atoms with Crippen LogP contribution in [0.1, 0.15) is 22.6 Å². The van der Waals surface area contributed by atoms with E-state index in [1.807, 2.05) is 0 Å². The molecule has 4 aromatic rings. The second-order valence-electron chi connectivity index (χ2n) is 7.41. The summed E-state index contributed by atoms with van der Waals surface area (Å²) in [6.45, 7) is 0. The average molecular weight is 370 g/mol. The summed E-state index contributed by atoms with van der Waals surface area (Å²) in [5.74, 6) is 0.268. The van der Waals surface area contributed by atoms with Crippen LogP contribution in [0, 0.1) is 0 Å². The summed E-state index contributed by atoms with van der Waals surface area (Å²) in [5, 5.41) is 0. The summed E-state index contributed by atoms with van der Waals surface area (Å²) in [6.07, 6.45) is 4.81. The zero-order valence-corrected chi connectivity index (χ0v) is 16.2. The maximum Gasteiger partial charge on any atom is 0.0217 e. The molecule has 0 amide bonds. The van der Waals surface area contributed by atoms with Gasteiger partial charge in [-0.05, 0) is 39.0 Å². The molecule has 0 nitrogen and oxygen atoms in total. The Bertz CT molecular complexity index is 1110. The third-order valence-electron chi connectivity index (χ3n) is 5.53. The first-order valence-electron chi connectivity index (χ1n) is 10.1. The van der Waals surface area contributed by atoms with Crippen molar-refractivity contribution in [1.82, 2.24) is 0 Å². The van der Waals surface area contributed by atoms with Gasteiger partial charge in [-0.2, -0.15) is 0 Å². The second-order valence-corrected chi connectivity index (χ2v) is 7.41. The molecular formula is C29H22. The highest BCUT2D eigenvalue weighted by Gasteiger charge is 2.21. The SMILES string of the molecule is C1=C(c2ccccc2)C(c2ccccc2)=CC1c1cccc(-c2ccccc2)c1.